The average Bonchev–Trinajstić information content (AvgIpc) is 3.34. The lowest BCUT2D eigenvalue weighted by molar-refractivity contribution is -0.376. The number of amides is 1. The zero-order valence-electron chi connectivity index (χ0n) is 19.5. The van der Waals surface area contributed by atoms with Crippen LogP contribution in [0.25, 0.3) is 0 Å². The Balaban J connectivity index is 1.57. The largest absolute Gasteiger partial charge is 0.430 e. The molecule has 0 fully saturated rings. The molecule has 0 spiro atoms. The molecule has 1 heterocycles. The lowest BCUT2D eigenvalue weighted by Gasteiger charge is -2.32. The van der Waals surface area contributed by atoms with Crippen molar-refractivity contribution in [3.05, 3.63) is 70.7 Å². The summed E-state index contributed by atoms with van der Waals surface area (Å²) in [5, 5.41) is 29.4. The molecule has 3 aromatic rings. The van der Waals surface area contributed by atoms with Crippen LogP contribution in [0.4, 0.5) is 45.2 Å². The van der Waals surface area contributed by atoms with Gasteiger partial charge in [0, 0.05) is 29.1 Å². The van der Waals surface area contributed by atoms with Crippen LogP contribution in [0.15, 0.2) is 52.1 Å². The molecule has 3 rings (SSSR count). The highest BCUT2D eigenvalue weighted by Gasteiger charge is 2.71. The number of amidine groups is 1. The Kier molecular flexibility index (Phi) is 9.03. The van der Waals surface area contributed by atoms with E-state index in [2.05, 4.69) is 25.6 Å². The summed E-state index contributed by atoms with van der Waals surface area (Å²) in [6.45, 7) is -0.0942. The molecule has 8 nitrogen and oxygen atoms in total. The summed E-state index contributed by atoms with van der Waals surface area (Å²) >= 11 is 0.926. The Morgan fingerprint density at radius 2 is 1.65 bits per heavy atom. The molecule has 0 radical (unpaired) electrons. The standard InChI is InChI=1S/C22H16F9N5O3S/c23-14-6-5-12(9-13(14)16(24)25)34-17(32)15-19(36-39-35-15)40-8-7-33-18(37)10-1-3-11(4-2-10)20(38,21(26,27)28)22(29,30)31/h1-6,9,16,38H,7-8H2,(H2,32,34)(H,33,37). The van der Waals surface area contributed by atoms with Gasteiger partial charge in [0.15, 0.2) is 16.6 Å². The molecular weight excluding hydrogens is 585 g/mol. The Hall–Kier alpha value is -3.80. The highest BCUT2D eigenvalue weighted by atomic mass is 32.2. The number of thioether (sulfide) groups is 1. The van der Waals surface area contributed by atoms with Gasteiger partial charge in [-0.25, -0.2) is 17.8 Å². The maximum atomic E-state index is 13.5. The highest BCUT2D eigenvalue weighted by molar-refractivity contribution is 7.99. The summed E-state index contributed by atoms with van der Waals surface area (Å²) in [5.41, 5.74) is -8.00. The molecule has 0 bridgehead atoms. The fourth-order valence-corrected chi connectivity index (χ4v) is 3.94. The van der Waals surface area contributed by atoms with Crippen molar-refractivity contribution in [2.45, 2.75) is 29.4 Å². The minimum atomic E-state index is -6.07. The van der Waals surface area contributed by atoms with E-state index in [9.17, 15) is 49.4 Å². The third-order valence-corrected chi connectivity index (χ3v) is 6.16. The minimum absolute atomic E-state index is 0.0390. The molecule has 2 aromatic carbocycles. The number of rotatable bonds is 9. The minimum Gasteiger partial charge on any atom is -0.369 e. The zero-order chi connectivity index (χ0) is 29.9. The van der Waals surface area contributed by atoms with E-state index in [0.29, 0.717) is 24.3 Å². The molecular formula is C22H16F9N5O3S. The highest BCUT2D eigenvalue weighted by Crippen LogP contribution is 2.49. The second-order valence-corrected chi connectivity index (χ2v) is 8.93. The molecule has 1 aromatic heterocycles. The molecule has 0 aliphatic rings. The van der Waals surface area contributed by atoms with Crippen LogP contribution in [0.5, 0.6) is 0 Å². The van der Waals surface area contributed by atoms with Gasteiger partial charge in [0.25, 0.3) is 17.9 Å². The van der Waals surface area contributed by atoms with Crippen LogP contribution >= 0.6 is 11.8 Å². The van der Waals surface area contributed by atoms with E-state index in [0.717, 1.165) is 30.0 Å². The van der Waals surface area contributed by atoms with Gasteiger partial charge in [0.2, 0.25) is 0 Å². The maximum Gasteiger partial charge on any atom is 0.430 e. The van der Waals surface area contributed by atoms with Crippen LogP contribution < -0.4 is 10.6 Å². The van der Waals surface area contributed by atoms with Crippen molar-refractivity contribution in [3.63, 3.8) is 0 Å². The number of nitrogens with one attached hydrogen (secondary N) is 3. The van der Waals surface area contributed by atoms with E-state index in [1.54, 1.807) is 0 Å². The van der Waals surface area contributed by atoms with Crippen molar-refractivity contribution in [1.29, 1.82) is 5.41 Å². The van der Waals surface area contributed by atoms with Gasteiger partial charge >= 0.3 is 12.4 Å². The van der Waals surface area contributed by atoms with Crippen molar-refractivity contribution in [2.75, 3.05) is 17.6 Å². The predicted molar refractivity (Wildman–Crippen MR) is 122 cm³/mol. The summed E-state index contributed by atoms with van der Waals surface area (Å²) in [4.78, 5) is 12.2. The van der Waals surface area contributed by atoms with Gasteiger partial charge in [-0.3, -0.25) is 10.2 Å². The normalized spacial score (nSPS) is 12.5. The SMILES string of the molecule is N=C(Nc1ccc(F)c(C(F)F)c1)c1nonc1SCCNC(=O)c1ccc(C(O)(C(F)(F)F)C(F)(F)F)cc1. The van der Waals surface area contributed by atoms with Crippen molar-refractivity contribution in [2.24, 2.45) is 0 Å². The van der Waals surface area contributed by atoms with Crippen LogP contribution in [0.1, 0.15) is 33.6 Å². The molecule has 1 amide bonds. The number of benzene rings is 2. The fourth-order valence-electron chi connectivity index (χ4n) is 3.19. The van der Waals surface area contributed by atoms with Gasteiger partial charge < -0.3 is 15.7 Å². The molecule has 0 unspecified atom stereocenters. The van der Waals surface area contributed by atoms with Gasteiger partial charge in [-0.1, -0.05) is 23.9 Å². The lowest BCUT2D eigenvalue weighted by Crippen LogP contribution is -2.53. The first-order valence-corrected chi connectivity index (χ1v) is 11.7. The first-order valence-electron chi connectivity index (χ1n) is 10.7. The molecule has 0 saturated heterocycles. The Bertz CT molecular complexity index is 1350. The van der Waals surface area contributed by atoms with E-state index in [-0.39, 0.29) is 34.3 Å². The first-order chi connectivity index (χ1) is 18.6. The number of anilines is 1. The number of aromatic nitrogens is 2. The summed E-state index contributed by atoms with van der Waals surface area (Å²) in [6.07, 6.45) is -15.2. The van der Waals surface area contributed by atoms with E-state index in [1.165, 1.54) is 0 Å². The molecule has 40 heavy (non-hydrogen) atoms. The maximum absolute atomic E-state index is 13.5. The van der Waals surface area contributed by atoms with E-state index < -0.39 is 53.1 Å². The topological polar surface area (TPSA) is 124 Å². The average molecular weight is 601 g/mol. The summed E-state index contributed by atoms with van der Waals surface area (Å²) in [5.74, 6) is -2.34. The Labute approximate surface area is 222 Å². The number of hydrogen-bond donors (Lipinski definition) is 4. The van der Waals surface area contributed by atoms with Gasteiger partial charge in [-0.15, -0.1) is 0 Å². The van der Waals surface area contributed by atoms with Gasteiger partial charge in [0.05, 0.1) is 5.56 Å². The van der Waals surface area contributed by atoms with Crippen LogP contribution in [0.2, 0.25) is 0 Å². The van der Waals surface area contributed by atoms with E-state index in [4.69, 9.17) is 5.41 Å². The Morgan fingerprint density at radius 3 is 2.23 bits per heavy atom. The molecule has 18 heteroatoms. The van der Waals surface area contributed by atoms with Crippen molar-refractivity contribution in [3.8, 4) is 0 Å². The molecule has 0 atom stereocenters. The van der Waals surface area contributed by atoms with Gasteiger partial charge in [-0.2, -0.15) is 26.3 Å². The van der Waals surface area contributed by atoms with Crippen molar-refractivity contribution < 1.29 is 54.0 Å². The number of aliphatic hydroxyl groups is 1. The van der Waals surface area contributed by atoms with Crippen LogP contribution in [-0.2, 0) is 5.60 Å². The van der Waals surface area contributed by atoms with Gasteiger partial charge in [0.1, 0.15) is 5.82 Å². The number of carbonyl (C=O) groups is 1. The predicted octanol–water partition coefficient (Wildman–Crippen LogP) is 5.42. The quantitative estimate of drug-likeness (QED) is 0.0850. The summed E-state index contributed by atoms with van der Waals surface area (Å²) in [7, 11) is 0. The third-order valence-electron chi connectivity index (χ3n) is 5.21. The number of halogens is 9. The molecule has 0 aliphatic carbocycles. The van der Waals surface area contributed by atoms with Crippen LogP contribution in [0.3, 0.4) is 0 Å². The number of carbonyl (C=O) groups excluding carboxylic acids is 1. The van der Waals surface area contributed by atoms with Crippen molar-refractivity contribution >= 4 is 29.2 Å². The molecule has 0 aliphatic heterocycles. The number of nitrogens with zero attached hydrogens (tertiary/aromatic N) is 2. The monoisotopic (exact) mass is 601 g/mol. The smallest absolute Gasteiger partial charge is 0.369 e. The lowest BCUT2D eigenvalue weighted by atomic mass is 9.91. The molecule has 216 valence electrons. The van der Waals surface area contributed by atoms with E-state index in [1.807, 2.05) is 0 Å². The number of hydrogen-bond acceptors (Lipinski definition) is 7. The fraction of sp³-hybridized carbons (Fsp3) is 0.273. The third kappa shape index (κ3) is 6.49. The Morgan fingerprint density at radius 1 is 1.02 bits per heavy atom. The van der Waals surface area contributed by atoms with Gasteiger partial charge in [-0.05, 0) is 40.6 Å². The van der Waals surface area contributed by atoms with Crippen molar-refractivity contribution in [1.82, 2.24) is 15.6 Å². The molecule has 4 N–H and O–H groups in total. The summed E-state index contributed by atoms with van der Waals surface area (Å²) < 4.78 is 122. The number of alkyl halides is 8. The second kappa shape index (κ2) is 11.7. The van der Waals surface area contributed by atoms with Crippen LogP contribution in [0, 0.1) is 11.2 Å². The zero-order valence-corrected chi connectivity index (χ0v) is 20.3. The van der Waals surface area contributed by atoms with Crippen LogP contribution in [-0.4, -0.2) is 51.8 Å². The van der Waals surface area contributed by atoms with E-state index >= 15 is 0 Å². The first kappa shape index (κ1) is 30.7. The second-order valence-electron chi connectivity index (χ2n) is 7.84. The summed E-state index contributed by atoms with van der Waals surface area (Å²) in [6, 6.07) is 4.75. The molecule has 0 saturated carbocycles.